The van der Waals surface area contributed by atoms with Crippen LogP contribution in [-0.4, -0.2) is 45.5 Å². The van der Waals surface area contributed by atoms with Crippen molar-refractivity contribution in [1.29, 1.82) is 0 Å². The van der Waals surface area contributed by atoms with Crippen molar-refractivity contribution in [3.63, 3.8) is 0 Å². The number of nitrogens with zero attached hydrogens (tertiary/aromatic N) is 2. The second-order valence-electron chi connectivity index (χ2n) is 5.08. The zero-order valence-corrected chi connectivity index (χ0v) is 11.1. The molecule has 2 fully saturated rings. The highest BCUT2D eigenvalue weighted by atomic mass is 32.1. The average molecular weight is 281 g/mol. The zero-order chi connectivity index (χ0) is 13.4. The molecule has 2 N–H and O–H groups in total. The number of amides is 2. The van der Waals surface area contributed by atoms with Crippen molar-refractivity contribution in [2.45, 2.75) is 31.4 Å². The fourth-order valence-electron chi connectivity index (χ4n) is 2.97. The van der Waals surface area contributed by atoms with E-state index in [2.05, 4.69) is 10.3 Å². The number of aliphatic hydroxyl groups is 1. The maximum absolute atomic E-state index is 12.1. The Morgan fingerprint density at radius 1 is 1.53 bits per heavy atom. The lowest BCUT2D eigenvalue weighted by Crippen LogP contribution is -2.45. The molecule has 1 aromatic heterocycles. The molecule has 1 saturated carbocycles. The molecule has 0 aromatic carbocycles. The van der Waals surface area contributed by atoms with E-state index in [1.807, 2.05) is 0 Å². The van der Waals surface area contributed by atoms with Crippen LogP contribution in [0.1, 0.15) is 19.3 Å². The summed E-state index contributed by atoms with van der Waals surface area (Å²) in [6.45, 7) is 0.672. The van der Waals surface area contributed by atoms with Crippen molar-refractivity contribution in [3.8, 4) is 0 Å². The van der Waals surface area contributed by atoms with Gasteiger partial charge in [-0.2, -0.15) is 0 Å². The summed E-state index contributed by atoms with van der Waals surface area (Å²) < 4.78 is 0. The van der Waals surface area contributed by atoms with E-state index in [0.717, 1.165) is 12.8 Å². The summed E-state index contributed by atoms with van der Waals surface area (Å²) in [5.41, 5.74) is 0. The Bertz CT molecular complexity index is 490. The Labute approximate surface area is 114 Å². The third-order valence-corrected chi connectivity index (χ3v) is 4.45. The first-order valence-electron chi connectivity index (χ1n) is 6.30. The summed E-state index contributed by atoms with van der Waals surface area (Å²) in [5.74, 6) is -0.163. The molecule has 1 saturated heterocycles. The number of rotatable bonds is 3. The first-order chi connectivity index (χ1) is 9.13. The van der Waals surface area contributed by atoms with Gasteiger partial charge in [0.05, 0.1) is 12.1 Å². The lowest BCUT2D eigenvalue weighted by atomic mass is 10.1. The molecule has 1 aliphatic heterocycles. The van der Waals surface area contributed by atoms with Crippen LogP contribution in [0.3, 0.4) is 0 Å². The Morgan fingerprint density at radius 2 is 2.37 bits per heavy atom. The summed E-state index contributed by atoms with van der Waals surface area (Å²) in [6, 6.07) is -0.0924. The normalized spacial score (nSPS) is 28.7. The number of aromatic nitrogens is 1. The fraction of sp³-hybridized carbons (Fsp3) is 0.583. The number of aliphatic hydroxyl groups excluding tert-OH is 1. The first-order valence-corrected chi connectivity index (χ1v) is 7.18. The summed E-state index contributed by atoms with van der Waals surface area (Å²) in [6.07, 6.45) is 2.62. The highest BCUT2D eigenvalue weighted by Crippen LogP contribution is 2.37. The van der Waals surface area contributed by atoms with E-state index in [9.17, 15) is 14.7 Å². The van der Waals surface area contributed by atoms with Crippen LogP contribution in [0.15, 0.2) is 11.6 Å². The Kier molecular flexibility index (Phi) is 3.24. The third-order valence-electron chi connectivity index (χ3n) is 3.76. The molecule has 2 amide bonds. The van der Waals surface area contributed by atoms with Gasteiger partial charge >= 0.3 is 0 Å². The predicted molar refractivity (Wildman–Crippen MR) is 69.6 cm³/mol. The van der Waals surface area contributed by atoms with Gasteiger partial charge in [0.1, 0.15) is 6.42 Å². The minimum absolute atomic E-state index is 0.0924. The number of fused-ring (bicyclic) bond motifs is 2. The highest BCUT2D eigenvalue weighted by molar-refractivity contribution is 7.13. The van der Waals surface area contributed by atoms with Crippen molar-refractivity contribution < 1.29 is 14.7 Å². The van der Waals surface area contributed by atoms with Gasteiger partial charge in [-0.1, -0.05) is 0 Å². The molecule has 19 heavy (non-hydrogen) atoms. The van der Waals surface area contributed by atoms with Crippen molar-refractivity contribution in [2.24, 2.45) is 5.92 Å². The van der Waals surface area contributed by atoms with Gasteiger partial charge in [-0.25, -0.2) is 4.98 Å². The van der Waals surface area contributed by atoms with Gasteiger partial charge in [0.2, 0.25) is 11.8 Å². The van der Waals surface area contributed by atoms with Crippen LogP contribution in [0, 0.1) is 5.92 Å². The molecule has 1 aromatic rings. The maximum Gasteiger partial charge on any atom is 0.235 e. The first kappa shape index (κ1) is 12.6. The van der Waals surface area contributed by atoms with Crippen LogP contribution >= 0.6 is 11.3 Å². The molecular weight excluding hydrogens is 266 g/mol. The number of anilines is 1. The topological polar surface area (TPSA) is 82.5 Å². The second-order valence-corrected chi connectivity index (χ2v) is 5.98. The van der Waals surface area contributed by atoms with Gasteiger partial charge in [-0.05, 0) is 18.8 Å². The Hall–Kier alpha value is -1.47. The van der Waals surface area contributed by atoms with Crippen LogP contribution in [0.5, 0.6) is 0 Å². The van der Waals surface area contributed by atoms with Crippen LogP contribution in [0.25, 0.3) is 0 Å². The predicted octanol–water partition coefficient (Wildman–Crippen LogP) is 0.453. The van der Waals surface area contributed by atoms with Crippen LogP contribution < -0.4 is 5.32 Å². The van der Waals surface area contributed by atoms with Gasteiger partial charge in [0, 0.05) is 18.1 Å². The van der Waals surface area contributed by atoms with E-state index in [4.69, 9.17) is 0 Å². The largest absolute Gasteiger partial charge is 0.391 e. The number of piperidine rings is 1. The van der Waals surface area contributed by atoms with E-state index < -0.39 is 6.10 Å². The van der Waals surface area contributed by atoms with E-state index in [1.165, 1.54) is 11.3 Å². The summed E-state index contributed by atoms with van der Waals surface area (Å²) in [4.78, 5) is 29.4. The molecule has 2 heterocycles. The number of likely N-dealkylation sites (tertiary alicyclic amines) is 1. The SMILES string of the molecule is O=C(CC(=O)N1C[C@@H]2C[C@@H](O)[C@H]1C2)Nc1nccs1. The molecule has 0 unspecified atom stereocenters. The number of hydrogen-bond donors (Lipinski definition) is 2. The summed E-state index contributed by atoms with van der Waals surface area (Å²) >= 11 is 1.32. The van der Waals surface area contributed by atoms with Crippen molar-refractivity contribution >= 4 is 28.3 Å². The van der Waals surface area contributed by atoms with Crippen molar-refractivity contribution in [1.82, 2.24) is 9.88 Å². The molecule has 0 spiro atoms. The number of nitrogens with one attached hydrogen (secondary N) is 1. The molecule has 3 atom stereocenters. The molecule has 2 bridgehead atoms. The second kappa shape index (κ2) is 4.90. The van der Waals surface area contributed by atoms with Gasteiger partial charge in [0.25, 0.3) is 0 Å². The van der Waals surface area contributed by atoms with E-state index in [-0.39, 0.29) is 24.3 Å². The monoisotopic (exact) mass is 281 g/mol. The molecule has 1 aliphatic carbocycles. The molecular formula is C12H15N3O3S. The van der Waals surface area contributed by atoms with Crippen LogP contribution in [-0.2, 0) is 9.59 Å². The lowest BCUT2D eigenvalue weighted by Gasteiger charge is -2.30. The molecule has 0 radical (unpaired) electrons. The maximum atomic E-state index is 12.1. The molecule has 6 nitrogen and oxygen atoms in total. The van der Waals surface area contributed by atoms with Crippen molar-refractivity contribution in [2.75, 3.05) is 11.9 Å². The van der Waals surface area contributed by atoms with E-state index in [0.29, 0.717) is 17.6 Å². The molecule has 7 heteroatoms. The molecule has 102 valence electrons. The minimum atomic E-state index is -0.426. The average Bonchev–Trinajstić information content (AvgIpc) is 3.03. The molecule has 2 aliphatic rings. The minimum Gasteiger partial charge on any atom is -0.391 e. The standard InChI is InChI=1S/C12H15N3O3S/c16-9-4-7-3-8(9)15(6-7)11(18)5-10(17)14-12-13-1-2-19-12/h1-2,7-9,16H,3-6H2,(H,13,14,17)/t7-,8+,9+/m0/s1. The number of carbonyl (C=O) groups excluding carboxylic acids is 2. The third kappa shape index (κ3) is 2.48. The fourth-order valence-corrected chi connectivity index (χ4v) is 3.51. The number of hydrogen-bond acceptors (Lipinski definition) is 5. The van der Waals surface area contributed by atoms with E-state index in [1.54, 1.807) is 16.5 Å². The smallest absolute Gasteiger partial charge is 0.235 e. The van der Waals surface area contributed by atoms with Gasteiger partial charge < -0.3 is 15.3 Å². The van der Waals surface area contributed by atoms with Gasteiger partial charge in [0.15, 0.2) is 5.13 Å². The van der Waals surface area contributed by atoms with E-state index >= 15 is 0 Å². The number of carbonyl (C=O) groups is 2. The zero-order valence-electron chi connectivity index (χ0n) is 10.3. The quantitative estimate of drug-likeness (QED) is 0.788. The summed E-state index contributed by atoms with van der Waals surface area (Å²) in [5, 5.41) is 14.6. The Morgan fingerprint density at radius 3 is 3.00 bits per heavy atom. The van der Waals surface area contributed by atoms with Gasteiger partial charge in [-0.15, -0.1) is 11.3 Å². The summed E-state index contributed by atoms with van der Waals surface area (Å²) in [7, 11) is 0. The highest BCUT2D eigenvalue weighted by Gasteiger charge is 2.46. The molecule has 3 rings (SSSR count). The lowest BCUT2D eigenvalue weighted by molar-refractivity contribution is -0.138. The Balaban J connectivity index is 1.55. The van der Waals surface area contributed by atoms with Crippen LogP contribution in [0.4, 0.5) is 5.13 Å². The number of thiazole rings is 1. The van der Waals surface area contributed by atoms with Gasteiger partial charge in [-0.3, -0.25) is 9.59 Å². The van der Waals surface area contributed by atoms with Crippen molar-refractivity contribution in [3.05, 3.63) is 11.6 Å². The van der Waals surface area contributed by atoms with Crippen LogP contribution in [0.2, 0.25) is 0 Å².